The number of nitrogens with zero attached hydrogens (tertiary/aromatic N) is 5. The molecule has 1 saturated carbocycles. The van der Waals surface area contributed by atoms with Gasteiger partial charge in [0.2, 0.25) is 0 Å². The summed E-state index contributed by atoms with van der Waals surface area (Å²) in [6.07, 6.45) is 18.8. The highest BCUT2D eigenvalue weighted by Crippen LogP contribution is 2.43. The van der Waals surface area contributed by atoms with Crippen molar-refractivity contribution in [3.63, 3.8) is 0 Å². The third-order valence-corrected chi connectivity index (χ3v) is 7.49. The van der Waals surface area contributed by atoms with Crippen LogP contribution in [0.2, 0.25) is 0 Å². The van der Waals surface area contributed by atoms with Gasteiger partial charge in [0.15, 0.2) is 5.65 Å². The van der Waals surface area contributed by atoms with Gasteiger partial charge in [-0.2, -0.15) is 0 Å². The first-order chi connectivity index (χ1) is 17.3. The highest BCUT2D eigenvalue weighted by molar-refractivity contribution is 5.90. The van der Waals surface area contributed by atoms with Gasteiger partial charge in [-0.1, -0.05) is 24.6 Å². The maximum Gasteiger partial charge on any atom is 0.180 e. The summed E-state index contributed by atoms with van der Waals surface area (Å²) >= 11 is 0. The van der Waals surface area contributed by atoms with Gasteiger partial charge in [0.1, 0.15) is 17.1 Å². The number of aromatic nitrogens is 4. The van der Waals surface area contributed by atoms with Crippen LogP contribution in [0.25, 0.3) is 16.7 Å². The van der Waals surface area contributed by atoms with E-state index in [1.165, 1.54) is 36.1 Å². The summed E-state index contributed by atoms with van der Waals surface area (Å²) in [5.74, 6) is 2.36. The number of nitrogens with one attached hydrogen (secondary N) is 1. The standard InChI is InChI=1S/C28H32N6O/c1-35-23-9-3-8-22(10-11-23)27-31-25-26(24(21-6-2-7-21)18-30-28(25)32-27)34-15-13-33(14-16-34)19-20-5-4-12-29-17-20/h3-5,9-12,17-18,21H,2,6-8,13-16,19H2,1H3,(H,30,31,32). The van der Waals surface area contributed by atoms with E-state index in [4.69, 9.17) is 14.7 Å². The number of anilines is 1. The summed E-state index contributed by atoms with van der Waals surface area (Å²) in [4.78, 5) is 22.8. The lowest BCUT2D eigenvalue weighted by molar-refractivity contribution is 0.249. The monoisotopic (exact) mass is 468 g/mol. The summed E-state index contributed by atoms with van der Waals surface area (Å²) in [7, 11) is 1.70. The van der Waals surface area contributed by atoms with Crippen molar-refractivity contribution in [3.8, 4) is 0 Å². The molecule has 0 unspecified atom stereocenters. The second-order valence-corrected chi connectivity index (χ2v) is 9.67. The van der Waals surface area contributed by atoms with Crippen LogP contribution in [-0.2, 0) is 11.3 Å². The number of piperazine rings is 1. The third kappa shape index (κ3) is 4.48. The number of H-pyrrole nitrogens is 1. The molecule has 1 saturated heterocycles. The first-order valence-electron chi connectivity index (χ1n) is 12.6. The number of fused-ring (bicyclic) bond motifs is 1. The number of aromatic amines is 1. The van der Waals surface area contributed by atoms with E-state index in [0.29, 0.717) is 5.92 Å². The fourth-order valence-electron chi connectivity index (χ4n) is 5.27. The average molecular weight is 469 g/mol. The quantitative estimate of drug-likeness (QED) is 0.560. The van der Waals surface area contributed by atoms with E-state index < -0.39 is 0 Å². The van der Waals surface area contributed by atoms with Crippen molar-refractivity contribution in [2.75, 3.05) is 38.2 Å². The molecule has 4 heterocycles. The first-order valence-corrected chi connectivity index (χ1v) is 12.6. The Morgan fingerprint density at radius 3 is 2.74 bits per heavy atom. The largest absolute Gasteiger partial charge is 0.497 e. The minimum Gasteiger partial charge on any atom is -0.497 e. The van der Waals surface area contributed by atoms with Crippen LogP contribution in [-0.4, -0.2) is 58.1 Å². The highest BCUT2D eigenvalue weighted by atomic mass is 16.5. The van der Waals surface area contributed by atoms with E-state index in [0.717, 1.165) is 67.5 Å². The Labute approximate surface area is 206 Å². The van der Waals surface area contributed by atoms with Gasteiger partial charge in [0.25, 0.3) is 0 Å². The van der Waals surface area contributed by atoms with Crippen LogP contribution in [0.5, 0.6) is 0 Å². The van der Waals surface area contributed by atoms with Crippen molar-refractivity contribution < 1.29 is 4.74 Å². The van der Waals surface area contributed by atoms with Crippen LogP contribution in [0, 0.1) is 0 Å². The van der Waals surface area contributed by atoms with Gasteiger partial charge in [-0.05, 0) is 60.1 Å². The average Bonchev–Trinajstić information content (AvgIpc) is 3.14. The fourth-order valence-corrected chi connectivity index (χ4v) is 5.27. The molecule has 7 nitrogen and oxygen atoms in total. The number of ether oxygens (including phenoxy) is 1. The Bertz CT molecular complexity index is 1280. The summed E-state index contributed by atoms with van der Waals surface area (Å²) in [5, 5.41) is 0. The summed E-state index contributed by atoms with van der Waals surface area (Å²) in [6.45, 7) is 5.02. The van der Waals surface area contributed by atoms with Gasteiger partial charge < -0.3 is 14.6 Å². The maximum atomic E-state index is 5.39. The summed E-state index contributed by atoms with van der Waals surface area (Å²) < 4.78 is 5.39. The van der Waals surface area contributed by atoms with E-state index >= 15 is 0 Å². The van der Waals surface area contributed by atoms with Crippen molar-refractivity contribution in [3.05, 3.63) is 77.7 Å². The number of pyridine rings is 2. The van der Waals surface area contributed by atoms with Gasteiger partial charge in [0, 0.05) is 51.3 Å². The van der Waals surface area contributed by atoms with Gasteiger partial charge >= 0.3 is 0 Å². The van der Waals surface area contributed by atoms with E-state index in [1.54, 1.807) is 7.11 Å². The van der Waals surface area contributed by atoms with Crippen LogP contribution in [0.4, 0.5) is 5.69 Å². The fraction of sp³-hybridized carbons (Fsp3) is 0.393. The number of hydrogen-bond donors (Lipinski definition) is 1. The molecule has 180 valence electrons. The normalized spacial score (nSPS) is 19.3. The Hall–Kier alpha value is -3.45. The summed E-state index contributed by atoms with van der Waals surface area (Å²) in [5.41, 5.74) is 7.00. The Morgan fingerprint density at radius 2 is 2.00 bits per heavy atom. The second-order valence-electron chi connectivity index (χ2n) is 9.67. The lowest BCUT2D eigenvalue weighted by Gasteiger charge is -2.38. The van der Waals surface area contributed by atoms with Crippen molar-refractivity contribution in [2.45, 2.75) is 38.1 Å². The molecule has 0 bridgehead atoms. The molecule has 0 spiro atoms. The number of methoxy groups -OCH3 is 1. The van der Waals surface area contributed by atoms with Crippen LogP contribution < -0.4 is 4.90 Å². The minimum atomic E-state index is 0.606. The molecule has 2 fully saturated rings. The molecule has 6 rings (SSSR count). The Kier molecular flexibility index (Phi) is 6.08. The molecule has 0 radical (unpaired) electrons. The smallest absolute Gasteiger partial charge is 0.180 e. The number of hydrogen-bond acceptors (Lipinski definition) is 6. The van der Waals surface area contributed by atoms with Crippen molar-refractivity contribution >= 4 is 22.4 Å². The SMILES string of the molecule is COC1=CC=C(c2nc3ncc(C4CCC4)c(N4CCN(Cc5cccnc5)CC4)c3[nH]2)CC=C1. The van der Waals surface area contributed by atoms with Crippen molar-refractivity contribution in [1.82, 2.24) is 24.8 Å². The minimum absolute atomic E-state index is 0.606. The van der Waals surface area contributed by atoms with E-state index in [1.807, 2.05) is 30.6 Å². The van der Waals surface area contributed by atoms with Crippen LogP contribution >= 0.6 is 0 Å². The molecular formula is C28H32N6O. The van der Waals surface area contributed by atoms with E-state index in [2.05, 4.69) is 44.2 Å². The zero-order valence-corrected chi connectivity index (χ0v) is 20.3. The predicted molar refractivity (Wildman–Crippen MR) is 139 cm³/mol. The van der Waals surface area contributed by atoms with Gasteiger partial charge in [-0.15, -0.1) is 0 Å². The van der Waals surface area contributed by atoms with Crippen LogP contribution in [0.1, 0.15) is 48.6 Å². The van der Waals surface area contributed by atoms with Gasteiger partial charge in [-0.3, -0.25) is 9.88 Å². The molecule has 1 aliphatic heterocycles. The number of allylic oxidation sites excluding steroid dienone is 5. The second kappa shape index (κ2) is 9.66. The maximum absolute atomic E-state index is 5.39. The lowest BCUT2D eigenvalue weighted by atomic mass is 9.79. The third-order valence-electron chi connectivity index (χ3n) is 7.49. The Balaban J connectivity index is 1.30. The molecule has 2 aliphatic carbocycles. The Morgan fingerprint density at radius 1 is 1.11 bits per heavy atom. The molecule has 35 heavy (non-hydrogen) atoms. The molecule has 3 aliphatic rings. The van der Waals surface area contributed by atoms with Crippen LogP contribution in [0.15, 0.2) is 60.8 Å². The molecule has 3 aromatic heterocycles. The lowest BCUT2D eigenvalue weighted by Crippen LogP contribution is -2.46. The summed E-state index contributed by atoms with van der Waals surface area (Å²) in [6, 6.07) is 4.18. The van der Waals surface area contributed by atoms with Gasteiger partial charge in [-0.25, -0.2) is 9.97 Å². The molecule has 3 aromatic rings. The zero-order chi connectivity index (χ0) is 23.6. The molecule has 7 heteroatoms. The molecule has 0 aromatic carbocycles. The molecule has 0 atom stereocenters. The number of rotatable bonds is 6. The topological polar surface area (TPSA) is 70.2 Å². The predicted octanol–water partition coefficient (Wildman–Crippen LogP) is 4.82. The highest BCUT2D eigenvalue weighted by Gasteiger charge is 2.29. The van der Waals surface area contributed by atoms with E-state index in [-0.39, 0.29) is 0 Å². The van der Waals surface area contributed by atoms with Crippen molar-refractivity contribution in [2.24, 2.45) is 0 Å². The van der Waals surface area contributed by atoms with Gasteiger partial charge in [0.05, 0.1) is 12.8 Å². The van der Waals surface area contributed by atoms with Crippen LogP contribution in [0.3, 0.4) is 0 Å². The van der Waals surface area contributed by atoms with Crippen molar-refractivity contribution in [1.29, 1.82) is 0 Å². The molecule has 0 amide bonds. The number of imidazole rings is 1. The zero-order valence-electron chi connectivity index (χ0n) is 20.3. The molecule has 1 N–H and O–H groups in total. The first kappa shape index (κ1) is 22.0. The molecular weight excluding hydrogens is 436 g/mol. The van der Waals surface area contributed by atoms with E-state index in [9.17, 15) is 0 Å².